The molecule has 0 saturated carbocycles. The highest BCUT2D eigenvalue weighted by Gasteiger charge is 2.30. The van der Waals surface area contributed by atoms with Gasteiger partial charge >= 0.3 is 0 Å². The molecular weight excluding hydrogens is 316 g/mol. The summed E-state index contributed by atoms with van der Waals surface area (Å²) in [5.41, 5.74) is 4.17. The van der Waals surface area contributed by atoms with Gasteiger partial charge in [0.05, 0.1) is 6.10 Å². The topological polar surface area (TPSA) is 55.6 Å². The smallest absolute Gasteiger partial charge is 0.260 e. The quantitative estimate of drug-likeness (QED) is 0.510. The van der Waals surface area contributed by atoms with Crippen LogP contribution >= 0.6 is 0 Å². The Kier molecular flexibility index (Phi) is 5.95. The third-order valence-corrected chi connectivity index (χ3v) is 3.76. The third-order valence-electron chi connectivity index (χ3n) is 3.76. The van der Waals surface area contributed by atoms with Crippen LogP contribution in [0.3, 0.4) is 0 Å². The Labute approximate surface area is 131 Å². The summed E-state index contributed by atoms with van der Waals surface area (Å²) in [4.78, 5) is 13.3. The summed E-state index contributed by atoms with van der Waals surface area (Å²) in [6, 6.07) is 0.0823. The molecule has 0 spiro atoms. The highest BCUT2D eigenvalue weighted by molar-refractivity contribution is 5.95. The summed E-state index contributed by atoms with van der Waals surface area (Å²) in [6.45, 7) is 1.42. The van der Waals surface area contributed by atoms with E-state index in [9.17, 15) is 22.4 Å². The molecule has 2 rings (SSSR count). The van der Waals surface area contributed by atoms with Crippen molar-refractivity contribution in [2.24, 2.45) is 5.73 Å². The minimum Gasteiger partial charge on any atom is -0.378 e. The van der Waals surface area contributed by atoms with Crippen LogP contribution in [0.25, 0.3) is 0 Å². The predicted octanol–water partition coefficient (Wildman–Crippen LogP) is 2.21. The van der Waals surface area contributed by atoms with Crippen molar-refractivity contribution in [1.29, 1.82) is 0 Å². The van der Waals surface area contributed by atoms with Crippen LogP contribution in [-0.4, -0.2) is 43.2 Å². The maximum absolute atomic E-state index is 13.7. The molecule has 1 aromatic rings. The van der Waals surface area contributed by atoms with E-state index in [1.807, 2.05) is 0 Å². The fraction of sp³-hybridized carbons (Fsp3) is 0.533. The summed E-state index contributed by atoms with van der Waals surface area (Å²) in [5, 5.41) is 0. The summed E-state index contributed by atoms with van der Waals surface area (Å²) < 4.78 is 59.3. The van der Waals surface area contributed by atoms with E-state index in [0.717, 1.165) is 6.42 Å². The predicted molar refractivity (Wildman–Crippen MR) is 74.8 cm³/mol. The van der Waals surface area contributed by atoms with Gasteiger partial charge in [0.1, 0.15) is 5.56 Å². The second-order valence-electron chi connectivity index (χ2n) is 5.35. The molecule has 1 aliphatic rings. The van der Waals surface area contributed by atoms with Crippen molar-refractivity contribution in [2.45, 2.75) is 25.4 Å². The van der Waals surface area contributed by atoms with Gasteiger partial charge in [0.15, 0.2) is 23.3 Å². The third kappa shape index (κ3) is 4.00. The lowest BCUT2D eigenvalue weighted by Gasteiger charge is -2.32. The number of carbonyl (C=O) groups excluding carboxylic acids is 1. The Balaban J connectivity index is 2.03. The minimum absolute atomic E-state index is 0.0652. The van der Waals surface area contributed by atoms with Crippen LogP contribution in [0.15, 0.2) is 6.07 Å². The molecule has 0 aliphatic carbocycles. The average molecular weight is 334 g/mol. The lowest BCUT2D eigenvalue weighted by atomic mass is 10.1. The van der Waals surface area contributed by atoms with Gasteiger partial charge in [0.25, 0.3) is 5.91 Å². The minimum atomic E-state index is -1.67. The summed E-state index contributed by atoms with van der Waals surface area (Å²) >= 11 is 0. The van der Waals surface area contributed by atoms with Gasteiger partial charge in [0, 0.05) is 25.8 Å². The van der Waals surface area contributed by atoms with Gasteiger partial charge in [-0.05, 0) is 25.8 Å². The second-order valence-corrected chi connectivity index (χ2v) is 5.35. The molecule has 8 heteroatoms. The fourth-order valence-electron chi connectivity index (χ4n) is 2.48. The van der Waals surface area contributed by atoms with Crippen molar-refractivity contribution in [3.05, 3.63) is 34.9 Å². The van der Waals surface area contributed by atoms with E-state index in [0.29, 0.717) is 26.0 Å². The number of halogens is 4. The van der Waals surface area contributed by atoms with Gasteiger partial charge in [0.2, 0.25) is 0 Å². The highest BCUT2D eigenvalue weighted by Crippen LogP contribution is 2.23. The van der Waals surface area contributed by atoms with Crippen molar-refractivity contribution in [1.82, 2.24) is 4.90 Å². The first-order valence-electron chi connectivity index (χ1n) is 7.39. The molecule has 128 valence electrons. The molecular formula is C15H18F4N2O2. The molecule has 0 unspecified atom stereocenters. The number of amides is 1. The van der Waals surface area contributed by atoms with Crippen LogP contribution in [0.5, 0.6) is 0 Å². The van der Waals surface area contributed by atoms with Crippen LogP contribution in [0.4, 0.5) is 17.6 Å². The number of nitrogens with zero attached hydrogens (tertiary/aromatic N) is 1. The van der Waals surface area contributed by atoms with Gasteiger partial charge in [-0.2, -0.15) is 0 Å². The molecule has 1 saturated heterocycles. The molecule has 0 bridgehead atoms. The van der Waals surface area contributed by atoms with E-state index in [4.69, 9.17) is 10.5 Å². The van der Waals surface area contributed by atoms with E-state index in [1.54, 1.807) is 0 Å². The number of hydrogen-bond acceptors (Lipinski definition) is 3. The fourth-order valence-corrected chi connectivity index (χ4v) is 2.48. The first kappa shape index (κ1) is 17.7. The summed E-state index contributed by atoms with van der Waals surface area (Å²) in [5.74, 6) is -7.58. The van der Waals surface area contributed by atoms with Gasteiger partial charge < -0.3 is 15.4 Å². The summed E-state index contributed by atoms with van der Waals surface area (Å²) in [7, 11) is 0. The van der Waals surface area contributed by atoms with Crippen LogP contribution in [0.1, 0.15) is 29.6 Å². The van der Waals surface area contributed by atoms with Gasteiger partial charge in [-0.3, -0.25) is 4.79 Å². The van der Waals surface area contributed by atoms with Gasteiger partial charge in [-0.15, -0.1) is 0 Å². The van der Waals surface area contributed by atoms with Crippen molar-refractivity contribution in [3.63, 3.8) is 0 Å². The van der Waals surface area contributed by atoms with E-state index in [-0.39, 0.29) is 25.3 Å². The number of piperidine rings is 1. The van der Waals surface area contributed by atoms with Crippen LogP contribution in [-0.2, 0) is 4.74 Å². The zero-order chi connectivity index (χ0) is 17.0. The molecule has 1 fully saturated rings. The molecule has 0 radical (unpaired) electrons. The van der Waals surface area contributed by atoms with Crippen molar-refractivity contribution in [2.75, 3.05) is 26.2 Å². The van der Waals surface area contributed by atoms with Crippen molar-refractivity contribution >= 4 is 5.91 Å². The van der Waals surface area contributed by atoms with Crippen molar-refractivity contribution < 1.29 is 27.1 Å². The van der Waals surface area contributed by atoms with Crippen LogP contribution < -0.4 is 5.73 Å². The Morgan fingerprint density at radius 3 is 2.26 bits per heavy atom. The average Bonchev–Trinajstić information content (AvgIpc) is 2.54. The Hall–Kier alpha value is -1.67. The molecule has 4 nitrogen and oxygen atoms in total. The zero-order valence-electron chi connectivity index (χ0n) is 12.5. The van der Waals surface area contributed by atoms with Crippen molar-refractivity contribution in [3.8, 4) is 0 Å². The number of ether oxygens (including phenoxy) is 1. The van der Waals surface area contributed by atoms with E-state index in [1.165, 1.54) is 4.90 Å². The van der Waals surface area contributed by atoms with E-state index < -0.39 is 34.7 Å². The standard InChI is InChI=1S/C15H18F4N2O2/c16-10-8-11(17)14(19)12(13(10)18)15(22)21-5-2-9(3-6-21)23-7-1-4-20/h8-9H,1-7,20H2. The number of rotatable bonds is 5. The van der Waals surface area contributed by atoms with Gasteiger partial charge in [-0.1, -0.05) is 0 Å². The molecule has 0 atom stereocenters. The van der Waals surface area contributed by atoms with Crippen LogP contribution in [0, 0.1) is 23.3 Å². The monoisotopic (exact) mass is 334 g/mol. The summed E-state index contributed by atoms with van der Waals surface area (Å²) in [6.07, 6.45) is 1.62. The Bertz CT molecular complexity index is 549. The molecule has 1 amide bonds. The number of hydrogen-bond donors (Lipinski definition) is 1. The lowest BCUT2D eigenvalue weighted by Crippen LogP contribution is -2.41. The maximum atomic E-state index is 13.7. The first-order chi connectivity index (χ1) is 11.0. The molecule has 23 heavy (non-hydrogen) atoms. The Morgan fingerprint density at radius 1 is 1.17 bits per heavy atom. The number of nitrogens with two attached hydrogens (primary N) is 1. The molecule has 1 aliphatic heterocycles. The lowest BCUT2D eigenvalue weighted by molar-refractivity contribution is 0.00816. The SMILES string of the molecule is NCCCOC1CCN(C(=O)c2c(F)c(F)cc(F)c2F)CC1. The molecule has 1 heterocycles. The van der Waals surface area contributed by atoms with Gasteiger partial charge in [-0.25, -0.2) is 17.6 Å². The Morgan fingerprint density at radius 2 is 1.74 bits per heavy atom. The largest absolute Gasteiger partial charge is 0.378 e. The molecule has 1 aromatic carbocycles. The second kappa shape index (κ2) is 7.74. The molecule has 2 N–H and O–H groups in total. The number of carbonyl (C=O) groups is 1. The normalized spacial score (nSPS) is 16.0. The number of benzene rings is 1. The first-order valence-corrected chi connectivity index (χ1v) is 7.39. The van der Waals surface area contributed by atoms with Crippen LogP contribution in [0.2, 0.25) is 0 Å². The maximum Gasteiger partial charge on any atom is 0.260 e. The highest BCUT2D eigenvalue weighted by atomic mass is 19.2. The van der Waals surface area contributed by atoms with E-state index >= 15 is 0 Å². The zero-order valence-corrected chi connectivity index (χ0v) is 12.5. The van der Waals surface area contributed by atoms with E-state index in [2.05, 4.69) is 0 Å². The molecule has 0 aromatic heterocycles. The number of likely N-dealkylation sites (tertiary alicyclic amines) is 1.